The second kappa shape index (κ2) is 11.7. The van der Waals surface area contributed by atoms with Crippen LogP contribution < -0.4 is 5.43 Å². The Morgan fingerprint density at radius 3 is 2.00 bits per heavy atom. The Balaban J connectivity index is 1.65. The van der Waals surface area contributed by atoms with Gasteiger partial charge in [-0.1, -0.05) is 66.2 Å². The molecule has 7 nitrogen and oxygen atoms in total. The van der Waals surface area contributed by atoms with Gasteiger partial charge in [-0.05, 0) is 49.8 Å². The monoisotopic (exact) mass is 436 g/mol. The number of nitrogens with one attached hydrogen (secondary N) is 1. The SMILES string of the molecule is CC(C(=O)C=C1CCCC1)N(NC(=O)OCc1ccccc1)C(=O)OCc1ccccc1. The normalized spacial score (nSPS) is 13.7. The van der Waals surface area contributed by atoms with Gasteiger partial charge in [0.15, 0.2) is 5.78 Å². The minimum Gasteiger partial charge on any atom is -0.443 e. The maximum atomic E-state index is 12.8. The Hall–Kier alpha value is -3.61. The number of amides is 2. The van der Waals surface area contributed by atoms with Crippen LogP contribution in [0.2, 0.25) is 0 Å². The molecule has 7 heteroatoms. The third kappa shape index (κ3) is 6.97. The number of rotatable bonds is 7. The van der Waals surface area contributed by atoms with E-state index in [2.05, 4.69) is 5.43 Å². The minimum atomic E-state index is -0.948. The maximum absolute atomic E-state index is 12.8. The smallest absolute Gasteiger partial charge is 0.429 e. The number of ketones is 1. The second-order valence-corrected chi connectivity index (χ2v) is 7.67. The fourth-order valence-corrected chi connectivity index (χ4v) is 3.37. The van der Waals surface area contributed by atoms with E-state index in [4.69, 9.17) is 9.47 Å². The summed E-state index contributed by atoms with van der Waals surface area (Å²) in [5, 5.41) is 0.893. The first-order chi connectivity index (χ1) is 15.5. The van der Waals surface area contributed by atoms with Gasteiger partial charge in [-0.15, -0.1) is 0 Å². The van der Waals surface area contributed by atoms with E-state index in [0.717, 1.165) is 47.4 Å². The zero-order valence-corrected chi connectivity index (χ0v) is 18.2. The van der Waals surface area contributed by atoms with Crippen LogP contribution in [0.5, 0.6) is 0 Å². The minimum absolute atomic E-state index is 0.0128. The van der Waals surface area contributed by atoms with Crippen LogP contribution in [-0.2, 0) is 27.5 Å². The lowest BCUT2D eigenvalue weighted by Gasteiger charge is -2.26. The molecule has 3 rings (SSSR count). The molecule has 1 N–H and O–H groups in total. The lowest BCUT2D eigenvalue weighted by Crippen LogP contribution is -2.53. The summed E-state index contributed by atoms with van der Waals surface area (Å²) < 4.78 is 10.5. The molecule has 1 aliphatic carbocycles. The summed E-state index contributed by atoms with van der Waals surface area (Å²) in [4.78, 5) is 37.9. The third-order valence-electron chi connectivity index (χ3n) is 5.22. The lowest BCUT2D eigenvalue weighted by molar-refractivity contribution is -0.119. The highest BCUT2D eigenvalue weighted by Crippen LogP contribution is 2.24. The fraction of sp³-hybridized carbons (Fsp3) is 0.320. The zero-order valence-electron chi connectivity index (χ0n) is 18.2. The van der Waals surface area contributed by atoms with Crippen LogP contribution in [-0.4, -0.2) is 29.0 Å². The molecule has 0 bridgehead atoms. The average molecular weight is 437 g/mol. The van der Waals surface area contributed by atoms with Crippen molar-refractivity contribution in [2.24, 2.45) is 0 Å². The van der Waals surface area contributed by atoms with Gasteiger partial charge in [0.05, 0.1) is 0 Å². The summed E-state index contributed by atoms with van der Waals surface area (Å²) in [6.45, 7) is 1.60. The molecular formula is C25H28N2O5. The Kier molecular flexibility index (Phi) is 8.43. The number of hydrogen-bond acceptors (Lipinski definition) is 5. The molecule has 168 valence electrons. The van der Waals surface area contributed by atoms with Crippen molar-refractivity contribution in [3.63, 3.8) is 0 Å². The van der Waals surface area contributed by atoms with Crippen molar-refractivity contribution in [1.82, 2.24) is 10.4 Å². The highest BCUT2D eigenvalue weighted by atomic mass is 16.6. The van der Waals surface area contributed by atoms with E-state index in [-0.39, 0.29) is 19.0 Å². The number of hydrogen-bond donors (Lipinski definition) is 1. The molecule has 2 aromatic rings. The largest absolute Gasteiger partial charge is 0.443 e. The molecule has 0 aromatic heterocycles. The van der Waals surface area contributed by atoms with Gasteiger partial charge in [0.25, 0.3) is 0 Å². The van der Waals surface area contributed by atoms with Crippen molar-refractivity contribution in [2.75, 3.05) is 0 Å². The first-order valence-electron chi connectivity index (χ1n) is 10.7. The van der Waals surface area contributed by atoms with Crippen LogP contribution in [0.4, 0.5) is 9.59 Å². The Labute approximate surface area is 188 Å². The molecule has 1 unspecified atom stereocenters. The van der Waals surface area contributed by atoms with Crippen LogP contribution in [0.3, 0.4) is 0 Å². The topological polar surface area (TPSA) is 84.9 Å². The van der Waals surface area contributed by atoms with E-state index < -0.39 is 18.2 Å². The first kappa shape index (κ1) is 23.1. The molecule has 32 heavy (non-hydrogen) atoms. The summed E-state index contributed by atoms with van der Waals surface area (Å²) in [6.07, 6.45) is 3.76. The number of carbonyl (C=O) groups is 3. The third-order valence-corrected chi connectivity index (χ3v) is 5.22. The first-order valence-corrected chi connectivity index (χ1v) is 10.7. The number of nitrogens with zero attached hydrogens (tertiary/aromatic N) is 1. The summed E-state index contributed by atoms with van der Waals surface area (Å²) in [6, 6.07) is 17.4. The van der Waals surface area contributed by atoms with Crippen LogP contribution >= 0.6 is 0 Å². The van der Waals surface area contributed by atoms with E-state index in [1.807, 2.05) is 60.7 Å². The molecule has 0 heterocycles. The van der Waals surface area contributed by atoms with Gasteiger partial charge in [-0.2, -0.15) is 0 Å². The van der Waals surface area contributed by atoms with Gasteiger partial charge < -0.3 is 9.47 Å². The number of benzene rings is 2. The quantitative estimate of drug-likeness (QED) is 0.492. The zero-order chi connectivity index (χ0) is 22.8. The van der Waals surface area contributed by atoms with E-state index in [1.165, 1.54) is 0 Å². The number of carbonyl (C=O) groups excluding carboxylic acids is 3. The summed E-state index contributed by atoms with van der Waals surface area (Å²) in [7, 11) is 0. The Morgan fingerprint density at radius 1 is 0.906 bits per heavy atom. The van der Waals surface area contributed by atoms with Gasteiger partial charge >= 0.3 is 12.2 Å². The van der Waals surface area contributed by atoms with E-state index in [1.54, 1.807) is 13.0 Å². The van der Waals surface area contributed by atoms with Gasteiger partial charge in [0.1, 0.15) is 19.3 Å². The van der Waals surface area contributed by atoms with Crippen LogP contribution in [0.25, 0.3) is 0 Å². The van der Waals surface area contributed by atoms with Gasteiger partial charge in [-0.25, -0.2) is 20.0 Å². The molecule has 0 saturated heterocycles. The predicted molar refractivity (Wildman–Crippen MR) is 119 cm³/mol. The molecule has 1 fully saturated rings. The molecule has 0 spiro atoms. The maximum Gasteiger partial charge on any atom is 0.429 e. The van der Waals surface area contributed by atoms with Crippen molar-refractivity contribution < 1.29 is 23.9 Å². The molecule has 1 saturated carbocycles. The average Bonchev–Trinajstić information content (AvgIpc) is 3.33. The van der Waals surface area contributed by atoms with Crippen molar-refractivity contribution in [3.8, 4) is 0 Å². The summed E-state index contributed by atoms with van der Waals surface area (Å²) >= 11 is 0. The number of ether oxygens (including phenoxy) is 2. The van der Waals surface area contributed by atoms with Gasteiger partial charge in [-0.3, -0.25) is 4.79 Å². The molecular weight excluding hydrogens is 408 g/mol. The number of hydrazine groups is 1. The molecule has 1 atom stereocenters. The van der Waals surface area contributed by atoms with Crippen LogP contribution in [0.1, 0.15) is 43.7 Å². The van der Waals surface area contributed by atoms with Crippen molar-refractivity contribution in [3.05, 3.63) is 83.4 Å². The van der Waals surface area contributed by atoms with Crippen molar-refractivity contribution in [2.45, 2.75) is 51.9 Å². The Bertz CT molecular complexity index is 935. The molecule has 2 amide bonds. The molecule has 1 aliphatic rings. The lowest BCUT2D eigenvalue weighted by atomic mass is 10.1. The standard InChI is InChI=1S/C25H28N2O5/c1-19(23(28)16-20-10-8-9-11-20)27(25(30)32-18-22-14-6-3-7-15-22)26-24(29)31-17-21-12-4-2-5-13-21/h2-7,12-16,19H,8-11,17-18H2,1H3,(H,26,29). The second-order valence-electron chi connectivity index (χ2n) is 7.67. The molecule has 0 aliphatic heterocycles. The number of allylic oxidation sites excluding steroid dienone is 1. The summed E-state index contributed by atoms with van der Waals surface area (Å²) in [5.74, 6) is -0.276. The van der Waals surface area contributed by atoms with Gasteiger partial charge in [0, 0.05) is 0 Å². The van der Waals surface area contributed by atoms with E-state index >= 15 is 0 Å². The van der Waals surface area contributed by atoms with Crippen LogP contribution in [0, 0.1) is 0 Å². The van der Waals surface area contributed by atoms with Gasteiger partial charge in [0.2, 0.25) is 0 Å². The molecule has 0 radical (unpaired) electrons. The molecule has 2 aromatic carbocycles. The van der Waals surface area contributed by atoms with E-state index in [9.17, 15) is 14.4 Å². The van der Waals surface area contributed by atoms with E-state index in [0.29, 0.717) is 0 Å². The van der Waals surface area contributed by atoms with Crippen molar-refractivity contribution in [1.29, 1.82) is 0 Å². The predicted octanol–water partition coefficient (Wildman–Crippen LogP) is 4.92. The Morgan fingerprint density at radius 2 is 1.44 bits per heavy atom. The van der Waals surface area contributed by atoms with Crippen LogP contribution in [0.15, 0.2) is 72.3 Å². The summed E-state index contributed by atoms with van der Waals surface area (Å²) in [5.41, 5.74) is 5.03. The van der Waals surface area contributed by atoms with Crippen molar-refractivity contribution >= 4 is 18.0 Å². The fourth-order valence-electron chi connectivity index (χ4n) is 3.37. The highest BCUT2D eigenvalue weighted by molar-refractivity contribution is 5.96. The highest BCUT2D eigenvalue weighted by Gasteiger charge is 2.29.